The lowest BCUT2D eigenvalue weighted by Gasteiger charge is -2.29. The molecule has 2 aliphatic rings. The van der Waals surface area contributed by atoms with E-state index >= 15 is 0 Å². The van der Waals surface area contributed by atoms with Crippen molar-refractivity contribution in [2.24, 2.45) is 0 Å². The zero-order valence-electron chi connectivity index (χ0n) is 21.3. The monoisotopic (exact) mass is 503 g/mol. The minimum atomic E-state index is -0.194. The molecule has 0 saturated heterocycles. The van der Waals surface area contributed by atoms with Gasteiger partial charge in [-0.2, -0.15) is 0 Å². The minimum absolute atomic E-state index is 0.194. The van der Waals surface area contributed by atoms with Crippen LogP contribution in [0, 0.1) is 0 Å². The van der Waals surface area contributed by atoms with Gasteiger partial charge in [-0.15, -0.1) is 0 Å². The van der Waals surface area contributed by atoms with E-state index in [1.165, 1.54) is 0 Å². The molecule has 3 aromatic carbocycles. The molecule has 2 heterocycles. The van der Waals surface area contributed by atoms with Crippen molar-refractivity contribution < 1.29 is 33.2 Å². The van der Waals surface area contributed by atoms with Crippen molar-refractivity contribution in [1.29, 1.82) is 0 Å². The number of carbonyl (C=O) groups excluding carboxylic acids is 1. The Labute approximate surface area is 215 Å². The van der Waals surface area contributed by atoms with Crippen LogP contribution in [0.1, 0.15) is 27.0 Å². The van der Waals surface area contributed by atoms with Crippen LogP contribution in [0.5, 0.6) is 34.5 Å². The van der Waals surface area contributed by atoms with Gasteiger partial charge in [0.05, 0.1) is 39.6 Å². The van der Waals surface area contributed by atoms with E-state index in [2.05, 4.69) is 11.0 Å². The Kier molecular flexibility index (Phi) is 6.92. The first-order valence-electron chi connectivity index (χ1n) is 11.9. The van der Waals surface area contributed by atoms with E-state index in [-0.39, 0.29) is 11.5 Å². The Balaban J connectivity index is 1.40. The second kappa shape index (κ2) is 10.4. The second-order valence-corrected chi connectivity index (χ2v) is 8.70. The van der Waals surface area contributed by atoms with Crippen LogP contribution >= 0.6 is 0 Å². The summed E-state index contributed by atoms with van der Waals surface area (Å²) < 4.78 is 33.9. The average Bonchev–Trinajstić information content (AvgIpc) is 3.26. The van der Waals surface area contributed by atoms with Crippen molar-refractivity contribution in [1.82, 2.24) is 4.90 Å². The van der Waals surface area contributed by atoms with E-state index in [1.807, 2.05) is 24.3 Å². The molecule has 0 saturated carbocycles. The van der Waals surface area contributed by atoms with Crippen molar-refractivity contribution in [3.05, 3.63) is 76.5 Å². The Morgan fingerprint density at radius 3 is 2.38 bits per heavy atom. The third-order valence-electron chi connectivity index (χ3n) is 6.59. The summed E-state index contributed by atoms with van der Waals surface area (Å²) in [6.07, 6.45) is 2.47. The number of hydrogen-bond donors (Lipinski definition) is 0. The highest BCUT2D eigenvalue weighted by Crippen LogP contribution is 2.43. The molecule has 5 rings (SSSR count). The lowest BCUT2D eigenvalue weighted by Crippen LogP contribution is -2.33. The van der Waals surface area contributed by atoms with Gasteiger partial charge in [0.1, 0.15) is 29.7 Å². The minimum Gasteiger partial charge on any atom is -0.496 e. The maximum atomic E-state index is 13.3. The smallest absolute Gasteiger partial charge is 0.231 e. The number of ketones is 1. The van der Waals surface area contributed by atoms with Crippen LogP contribution in [0.25, 0.3) is 6.08 Å². The molecule has 37 heavy (non-hydrogen) atoms. The zero-order chi connectivity index (χ0) is 25.9. The van der Waals surface area contributed by atoms with Gasteiger partial charge in [-0.05, 0) is 42.3 Å². The van der Waals surface area contributed by atoms with Gasteiger partial charge in [-0.1, -0.05) is 18.2 Å². The summed E-state index contributed by atoms with van der Waals surface area (Å²) in [7, 11) is 6.35. The summed E-state index contributed by atoms with van der Waals surface area (Å²) >= 11 is 0. The number of hydrogen-bond acceptors (Lipinski definition) is 8. The molecule has 2 aliphatic heterocycles. The van der Waals surface area contributed by atoms with E-state index in [1.54, 1.807) is 52.7 Å². The number of benzene rings is 3. The quantitative estimate of drug-likeness (QED) is 0.409. The van der Waals surface area contributed by atoms with Gasteiger partial charge in [-0.3, -0.25) is 9.69 Å². The van der Waals surface area contributed by atoms with E-state index in [0.29, 0.717) is 47.4 Å². The van der Waals surface area contributed by atoms with Crippen LogP contribution in [0.3, 0.4) is 0 Å². The van der Waals surface area contributed by atoms with Crippen molar-refractivity contribution in [3.63, 3.8) is 0 Å². The van der Waals surface area contributed by atoms with Crippen LogP contribution in [0.2, 0.25) is 0 Å². The lowest BCUT2D eigenvalue weighted by molar-refractivity contribution is 0.0948. The fraction of sp³-hybridized carbons (Fsp3) is 0.276. The SMILES string of the molecule is COc1cc(OC)c(OC)cc1/C=C1\Oc2c(ccc3c2CN(CCc2ccccc2OC)CO3)C1=O. The molecule has 0 unspecified atom stereocenters. The number of ether oxygens (including phenoxy) is 6. The molecule has 0 aromatic heterocycles. The van der Waals surface area contributed by atoms with Gasteiger partial charge in [0.25, 0.3) is 0 Å². The van der Waals surface area contributed by atoms with Crippen molar-refractivity contribution in [2.75, 3.05) is 41.7 Å². The summed E-state index contributed by atoms with van der Waals surface area (Å²) in [5.41, 5.74) is 3.15. The largest absolute Gasteiger partial charge is 0.496 e. The molecule has 8 nitrogen and oxygen atoms in total. The molecule has 0 atom stereocenters. The fourth-order valence-corrected chi connectivity index (χ4v) is 4.64. The molecule has 0 N–H and O–H groups in total. The highest BCUT2D eigenvalue weighted by Gasteiger charge is 2.34. The molecule has 0 spiro atoms. The zero-order valence-corrected chi connectivity index (χ0v) is 21.3. The third-order valence-corrected chi connectivity index (χ3v) is 6.59. The molecule has 3 aromatic rings. The van der Waals surface area contributed by atoms with Crippen molar-refractivity contribution in [2.45, 2.75) is 13.0 Å². The maximum absolute atomic E-state index is 13.3. The first-order valence-corrected chi connectivity index (χ1v) is 11.9. The van der Waals surface area contributed by atoms with Crippen LogP contribution in [0.4, 0.5) is 0 Å². The maximum Gasteiger partial charge on any atom is 0.231 e. The van der Waals surface area contributed by atoms with Gasteiger partial charge >= 0.3 is 0 Å². The van der Waals surface area contributed by atoms with Gasteiger partial charge in [0.2, 0.25) is 5.78 Å². The lowest BCUT2D eigenvalue weighted by atomic mass is 10.0. The van der Waals surface area contributed by atoms with Gasteiger partial charge in [-0.25, -0.2) is 0 Å². The Hall–Kier alpha value is -4.17. The molecule has 0 bridgehead atoms. The second-order valence-electron chi connectivity index (χ2n) is 8.70. The molecule has 0 fully saturated rings. The normalized spacial score (nSPS) is 15.5. The number of nitrogens with zero attached hydrogens (tertiary/aromatic N) is 1. The molecular formula is C29H29NO7. The molecule has 0 radical (unpaired) electrons. The van der Waals surface area contributed by atoms with E-state index < -0.39 is 0 Å². The highest BCUT2D eigenvalue weighted by molar-refractivity contribution is 6.15. The van der Waals surface area contributed by atoms with Crippen LogP contribution in [0.15, 0.2) is 54.3 Å². The third kappa shape index (κ3) is 4.68. The van der Waals surface area contributed by atoms with Crippen LogP contribution in [-0.2, 0) is 13.0 Å². The molecule has 0 amide bonds. The molecular weight excluding hydrogens is 474 g/mol. The number of Topliss-reactive ketones (excluding diaryl/α,β-unsaturated/α-hetero) is 1. The van der Waals surface area contributed by atoms with Gasteiger partial charge in [0.15, 0.2) is 17.3 Å². The first-order chi connectivity index (χ1) is 18.1. The number of rotatable bonds is 8. The van der Waals surface area contributed by atoms with Gasteiger partial charge in [0, 0.05) is 24.7 Å². The van der Waals surface area contributed by atoms with E-state index in [4.69, 9.17) is 28.4 Å². The predicted octanol–water partition coefficient (Wildman–Crippen LogP) is 4.73. The van der Waals surface area contributed by atoms with Gasteiger partial charge < -0.3 is 28.4 Å². The number of allylic oxidation sites excluding steroid dienone is 1. The average molecular weight is 504 g/mol. The topological polar surface area (TPSA) is 75.7 Å². The summed E-state index contributed by atoms with van der Waals surface area (Å²) in [4.78, 5) is 15.5. The standard InChI is InChI=1S/C29H29NO7/c1-32-22-8-6-5-7-18(22)11-12-30-16-21-23(36-17-30)10-9-20-28(31)27(37-29(20)21)14-19-13-25(34-3)26(35-4)15-24(19)33-2/h5-10,13-15H,11-12,16-17H2,1-4H3/b27-14-. The van der Waals surface area contributed by atoms with Crippen molar-refractivity contribution >= 4 is 11.9 Å². The molecule has 8 heteroatoms. The van der Waals surface area contributed by atoms with E-state index in [9.17, 15) is 4.79 Å². The summed E-state index contributed by atoms with van der Waals surface area (Å²) in [5.74, 6) is 3.74. The highest BCUT2D eigenvalue weighted by atomic mass is 16.5. The van der Waals surface area contributed by atoms with Crippen molar-refractivity contribution in [3.8, 4) is 34.5 Å². The number of para-hydroxylation sites is 1. The van der Waals surface area contributed by atoms with Crippen LogP contribution < -0.4 is 28.4 Å². The summed E-state index contributed by atoms with van der Waals surface area (Å²) in [6, 6.07) is 15.1. The summed E-state index contributed by atoms with van der Waals surface area (Å²) in [6.45, 7) is 1.83. The summed E-state index contributed by atoms with van der Waals surface area (Å²) in [5, 5.41) is 0. The first kappa shape index (κ1) is 24.5. The predicted molar refractivity (Wildman–Crippen MR) is 138 cm³/mol. The Morgan fingerprint density at radius 1 is 0.892 bits per heavy atom. The van der Waals surface area contributed by atoms with E-state index in [0.717, 1.165) is 35.6 Å². The Bertz CT molecular complexity index is 1360. The molecule has 0 aliphatic carbocycles. The molecule has 192 valence electrons. The number of fused-ring (bicyclic) bond motifs is 3. The van der Waals surface area contributed by atoms with Crippen LogP contribution in [-0.4, -0.2) is 52.4 Å². The fourth-order valence-electron chi connectivity index (χ4n) is 4.64. The number of carbonyl (C=O) groups is 1. The number of methoxy groups -OCH3 is 4. The Morgan fingerprint density at radius 2 is 1.62 bits per heavy atom.